The molecule has 5 heteroatoms. The summed E-state index contributed by atoms with van der Waals surface area (Å²) in [6.07, 6.45) is -0.700. The number of halogens is 2. The summed E-state index contributed by atoms with van der Waals surface area (Å²) in [5, 5.41) is 2.58. The maximum atomic E-state index is 13.0. The van der Waals surface area contributed by atoms with Gasteiger partial charge in [0.25, 0.3) is 0 Å². The molecule has 1 aromatic rings. The monoisotopic (exact) mass is 217 g/mol. The summed E-state index contributed by atoms with van der Waals surface area (Å²) in [5.41, 5.74) is 0.0101. The summed E-state index contributed by atoms with van der Waals surface area (Å²) in [6, 6.07) is 3.88. The van der Waals surface area contributed by atoms with Gasteiger partial charge in [-0.15, -0.1) is 0 Å². The first-order valence-electron chi connectivity index (χ1n) is 4.02. The number of nitrogens with one attached hydrogen (secondary N) is 1. The molecule has 0 atom stereocenters. The van der Waals surface area contributed by atoms with Crippen LogP contribution < -0.4 is 5.32 Å². The van der Waals surface area contributed by atoms with E-state index in [0.717, 1.165) is 0 Å². The van der Waals surface area contributed by atoms with Crippen molar-refractivity contribution in [3.63, 3.8) is 0 Å². The SMILES string of the molecule is CCOC(=O)Nc1cc(Cl)ccc1F. The van der Waals surface area contributed by atoms with Crippen molar-refractivity contribution >= 4 is 23.4 Å². The van der Waals surface area contributed by atoms with Gasteiger partial charge >= 0.3 is 6.09 Å². The number of carbonyl (C=O) groups excluding carboxylic acids is 1. The zero-order valence-corrected chi connectivity index (χ0v) is 8.27. The van der Waals surface area contributed by atoms with Crippen LogP contribution in [0.15, 0.2) is 18.2 Å². The average molecular weight is 218 g/mol. The molecule has 0 aliphatic rings. The van der Waals surface area contributed by atoms with Crippen LogP contribution in [0.2, 0.25) is 5.02 Å². The highest BCUT2D eigenvalue weighted by atomic mass is 35.5. The normalized spacial score (nSPS) is 9.64. The maximum absolute atomic E-state index is 13.0. The van der Waals surface area contributed by atoms with Crippen LogP contribution in [0.4, 0.5) is 14.9 Å². The molecule has 0 aromatic heterocycles. The lowest BCUT2D eigenvalue weighted by Crippen LogP contribution is -2.14. The van der Waals surface area contributed by atoms with E-state index in [1.807, 2.05) is 0 Å². The standard InChI is InChI=1S/C9H9ClFNO2/c1-2-14-9(13)12-8-5-6(10)3-4-7(8)11/h3-5H,2H2,1H3,(H,12,13). The minimum absolute atomic E-state index is 0.0101. The number of amides is 1. The predicted octanol–water partition coefficient (Wildman–Crippen LogP) is 3.05. The maximum Gasteiger partial charge on any atom is 0.411 e. The molecule has 76 valence electrons. The molecule has 1 amide bonds. The van der Waals surface area contributed by atoms with Gasteiger partial charge in [0.15, 0.2) is 0 Å². The van der Waals surface area contributed by atoms with E-state index in [1.165, 1.54) is 18.2 Å². The number of hydrogen-bond donors (Lipinski definition) is 1. The molecule has 14 heavy (non-hydrogen) atoms. The van der Waals surface area contributed by atoms with E-state index >= 15 is 0 Å². The van der Waals surface area contributed by atoms with Gasteiger partial charge in [-0.3, -0.25) is 5.32 Å². The zero-order chi connectivity index (χ0) is 10.6. The Labute approximate surface area is 85.8 Å². The lowest BCUT2D eigenvalue weighted by molar-refractivity contribution is 0.168. The fourth-order valence-electron chi connectivity index (χ4n) is 0.870. The topological polar surface area (TPSA) is 38.3 Å². The van der Waals surface area contributed by atoms with Crippen molar-refractivity contribution in [1.82, 2.24) is 0 Å². The summed E-state index contributed by atoms with van der Waals surface area (Å²) < 4.78 is 17.6. The summed E-state index contributed by atoms with van der Waals surface area (Å²) in [6.45, 7) is 1.89. The van der Waals surface area contributed by atoms with E-state index in [4.69, 9.17) is 11.6 Å². The third-order valence-corrected chi connectivity index (χ3v) is 1.68. The van der Waals surface area contributed by atoms with Crippen molar-refractivity contribution in [1.29, 1.82) is 0 Å². The first-order valence-corrected chi connectivity index (χ1v) is 4.40. The third-order valence-electron chi connectivity index (χ3n) is 1.44. The highest BCUT2D eigenvalue weighted by Crippen LogP contribution is 2.19. The lowest BCUT2D eigenvalue weighted by atomic mass is 10.3. The molecule has 1 rings (SSSR count). The molecule has 3 nitrogen and oxygen atoms in total. The summed E-state index contributed by atoms with van der Waals surface area (Å²) in [4.78, 5) is 10.9. The Bertz CT molecular complexity index is 344. The van der Waals surface area contributed by atoms with E-state index in [9.17, 15) is 9.18 Å². The Morgan fingerprint density at radius 2 is 2.36 bits per heavy atom. The summed E-state index contributed by atoms with van der Waals surface area (Å²) in [7, 11) is 0. The van der Waals surface area contributed by atoms with Crippen molar-refractivity contribution in [2.24, 2.45) is 0 Å². The van der Waals surface area contributed by atoms with Crippen LogP contribution in [0, 0.1) is 5.82 Å². The van der Waals surface area contributed by atoms with E-state index in [0.29, 0.717) is 5.02 Å². The van der Waals surface area contributed by atoms with Gasteiger partial charge in [0.05, 0.1) is 12.3 Å². The largest absolute Gasteiger partial charge is 0.450 e. The zero-order valence-electron chi connectivity index (χ0n) is 7.51. The van der Waals surface area contributed by atoms with Crippen LogP contribution in [-0.2, 0) is 4.74 Å². The third kappa shape index (κ3) is 2.88. The van der Waals surface area contributed by atoms with Crippen molar-refractivity contribution < 1.29 is 13.9 Å². The second-order valence-corrected chi connectivity index (χ2v) is 2.91. The minimum Gasteiger partial charge on any atom is -0.450 e. The van der Waals surface area contributed by atoms with Gasteiger partial charge in [0, 0.05) is 5.02 Å². The van der Waals surface area contributed by atoms with E-state index < -0.39 is 11.9 Å². The summed E-state index contributed by atoms with van der Waals surface area (Å²) in [5.74, 6) is -0.553. The van der Waals surface area contributed by atoms with Gasteiger partial charge in [-0.2, -0.15) is 0 Å². The van der Waals surface area contributed by atoms with Crippen molar-refractivity contribution in [3.8, 4) is 0 Å². The molecule has 1 aromatic carbocycles. The van der Waals surface area contributed by atoms with Crippen molar-refractivity contribution in [3.05, 3.63) is 29.0 Å². The predicted molar refractivity (Wildman–Crippen MR) is 52.1 cm³/mol. The van der Waals surface area contributed by atoms with Gasteiger partial charge in [-0.1, -0.05) is 11.6 Å². The van der Waals surface area contributed by atoms with Gasteiger partial charge < -0.3 is 4.74 Å². The van der Waals surface area contributed by atoms with Crippen LogP contribution in [0.25, 0.3) is 0 Å². The molecule has 0 saturated heterocycles. The minimum atomic E-state index is -0.700. The Morgan fingerprint density at radius 3 is 3.00 bits per heavy atom. The van der Waals surface area contributed by atoms with Crippen LogP contribution >= 0.6 is 11.6 Å². The fraction of sp³-hybridized carbons (Fsp3) is 0.222. The smallest absolute Gasteiger partial charge is 0.411 e. The Balaban J connectivity index is 2.75. The van der Waals surface area contributed by atoms with E-state index in [1.54, 1.807) is 6.92 Å². The first kappa shape index (κ1) is 10.8. The van der Waals surface area contributed by atoms with Crippen molar-refractivity contribution in [2.45, 2.75) is 6.92 Å². The molecular weight excluding hydrogens is 209 g/mol. The van der Waals surface area contributed by atoms with Crippen molar-refractivity contribution in [2.75, 3.05) is 11.9 Å². The first-order chi connectivity index (χ1) is 6.63. The van der Waals surface area contributed by atoms with Crippen LogP contribution in [0.3, 0.4) is 0 Å². The lowest BCUT2D eigenvalue weighted by Gasteiger charge is -2.06. The molecule has 0 bridgehead atoms. The van der Waals surface area contributed by atoms with Gasteiger partial charge in [-0.05, 0) is 25.1 Å². The molecule has 0 unspecified atom stereocenters. The Kier molecular flexibility index (Phi) is 3.71. The molecule has 0 spiro atoms. The number of rotatable bonds is 2. The second-order valence-electron chi connectivity index (χ2n) is 2.47. The number of benzene rings is 1. The van der Waals surface area contributed by atoms with Crippen LogP contribution in [-0.4, -0.2) is 12.7 Å². The quantitative estimate of drug-likeness (QED) is 0.827. The van der Waals surface area contributed by atoms with Gasteiger partial charge in [0.1, 0.15) is 5.82 Å². The molecule has 1 N–H and O–H groups in total. The molecule has 0 radical (unpaired) electrons. The molecule has 0 fully saturated rings. The second kappa shape index (κ2) is 4.81. The molecule has 0 heterocycles. The highest BCUT2D eigenvalue weighted by Gasteiger charge is 2.07. The van der Waals surface area contributed by atoms with E-state index in [-0.39, 0.29) is 12.3 Å². The van der Waals surface area contributed by atoms with Crippen LogP contribution in [0.1, 0.15) is 6.92 Å². The molecule has 0 aliphatic carbocycles. The molecule has 0 aliphatic heterocycles. The highest BCUT2D eigenvalue weighted by molar-refractivity contribution is 6.30. The fourth-order valence-corrected chi connectivity index (χ4v) is 1.04. The van der Waals surface area contributed by atoms with E-state index in [2.05, 4.69) is 10.1 Å². The number of carbonyl (C=O) groups is 1. The van der Waals surface area contributed by atoms with Gasteiger partial charge in [-0.25, -0.2) is 9.18 Å². The Morgan fingerprint density at radius 1 is 1.64 bits per heavy atom. The molecule has 0 saturated carbocycles. The number of ether oxygens (including phenoxy) is 1. The average Bonchev–Trinajstić information content (AvgIpc) is 2.12. The molecular formula is C9H9ClFNO2. The van der Waals surface area contributed by atoms with Gasteiger partial charge in [0.2, 0.25) is 0 Å². The number of anilines is 1. The Hall–Kier alpha value is -1.29. The number of hydrogen-bond acceptors (Lipinski definition) is 2. The van der Waals surface area contributed by atoms with Crippen LogP contribution in [0.5, 0.6) is 0 Å². The summed E-state index contributed by atoms with van der Waals surface area (Å²) >= 11 is 5.62.